The number of hydrogen-bond donors (Lipinski definition) is 1. The van der Waals surface area contributed by atoms with Gasteiger partial charge in [0.2, 0.25) is 0 Å². The highest BCUT2D eigenvalue weighted by molar-refractivity contribution is 6.83. The molecule has 3 atom stereocenters. The number of unbranched alkanes of at least 4 members (excludes halogenated alkanes) is 3. The molecule has 1 N–H and O–H groups in total. The van der Waals surface area contributed by atoms with Crippen LogP contribution in [0.4, 0.5) is 0 Å². The zero-order chi connectivity index (χ0) is 20.6. The zero-order valence-electron chi connectivity index (χ0n) is 18.3. The lowest BCUT2D eigenvalue weighted by Gasteiger charge is -2.41. The molecular weight excluding hydrogens is 376 g/mol. The Morgan fingerprint density at radius 2 is 1.69 bits per heavy atom. The van der Waals surface area contributed by atoms with Crippen molar-refractivity contribution in [3.05, 3.63) is 12.7 Å². The van der Waals surface area contributed by atoms with Gasteiger partial charge in [0.15, 0.2) is 8.32 Å². The molecule has 0 aromatic rings. The van der Waals surface area contributed by atoms with Crippen LogP contribution < -0.4 is 0 Å². The topological polar surface area (TPSA) is 29.5 Å². The molecule has 0 spiro atoms. The molecule has 0 saturated carbocycles. The number of rotatable bonds is 10. The van der Waals surface area contributed by atoms with Crippen LogP contribution in [-0.4, -0.2) is 39.1 Å². The monoisotopic (exact) mass is 416 g/mol. The van der Waals surface area contributed by atoms with E-state index >= 15 is 0 Å². The predicted octanol–water partition coefficient (Wildman–Crippen LogP) is 6.36. The van der Waals surface area contributed by atoms with E-state index in [-0.39, 0.29) is 10.4 Å². The minimum atomic E-state index is -2.04. The van der Waals surface area contributed by atoms with Crippen LogP contribution in [0.1, 0.15) is 52.9 Å². The van der Waals surface area contributed by atoms with Gasteiger partial charge in [0.25, 0.3) is 0 Å². The molecule has 0 amide bonds. The van der Waals surface area contributed by atoms with E-state index in [0.29, 0.717) is 0 Å². The first-order valence-electron chi connectivity index (χ1n) is 9.85. The van der Waals surface area contributed by atoms with Crippen molar-refractivity contribution in [2.24, 2.45) is 0 Å². The highest BCUT2D eigenvalue weighted by Crippen LogP contribution is 2.38. The molecule has 0 heterocycles. The van der Waals surface area contributed by atoms with Crippen LogP contribution in [0.5, 0.6) is 0 Å². The van der Waals surface area contributed by atoms with Crippen molar-refractivity contribution in [2.45, 2.75) is 108 Å². The molecule has 0 aliphatic carbocycles. The summed E-state index contributed by atoms with van der Waals surface area (Å²) >= 11 is 6.72. The molecule has 2 nitrogen and oxygen atoms in total. The van der Waals surface area contributed by atoms with E-state index < -0.39 is 28.6 Å². The summed E-state index contributed by atoms with van der Waals surface area (Å²) < 4.78 is 6.52. The summed E-state index contributed by atoms with van der Waals surface area (Å²) in [5.41, 5.74) is 3.27. The van der Waals surface area contributed by atoms with Crippen LogP contribution in [0.15, 0.2) is 12.7 Å². The van der Waals surface area contributed by atoms with E-state index in [1.807, 2.05) is 6.08 Å². The molecule has 0 rings (SSSR count). The number of hydrogen-bond acceptors (Lipinski definition) is 2. The molecule has 5 heteroatoms. The van der Waals surface area contributed by atoms with E-state index in [4.69, 9.17) is 16.0 Å². The van der Waals surface area contributed by atoms with Crippen LogP contribution in [0.2, 0.25) is 37.8 Å². The summed E-state index contributed by atoms with van der Waals surface area (Å²) in [5, 5.41) is 10.6. The first-order chi connectivity index (χ1) is 11.7. The van der Waals surface area contributed by atoms with Gasteiger partial charge >= 0.3 is 0 Å². The van der Waals surface area contributed by atoms with Crippen molar-refractivity contribution in [1.29, 1.82) is 0 Å². The largest absolute Gasteiger partial charge is 0.409 e. The predicted molar refractivity (Wildman–Crippen MR) is 122 cm³/mol. The van der Waals surface area contributed by atoms with Gasteiger partial charge in [0.05, 0.1) is 11.5 Å². The van der Waals surface area contributed by atoms with Gasteiger partial charge < -0.3 is 9.53 Å². The Labute approximate surface area is 169 Å². The molecule has 0 unspecified atom stereocenters. The van der Waals surface area contributed by atoms with Crippen molar-refractivity contribution in [2.75, 3.05) is 0 Å². The van der Waals surface area contributed by atoms with Crippen molar-refractivity contribution >= 4 is 28.0 Å². The zero-order valence-corrected chi connectivity index (χ0v) is 21.0. The van der Waals surface area contributed by atoms with Crippen LogP contribution in [-0.2, 0) is 4.43 Å². The summed E-state index contributed by atoms with van der Waals surface area (Å²) in [7, 11) is -3.60. The highest BCUT2D eigenvalue weighted by Gasteiger charge is 2.42. The number of allylic oxidation sites excluding steroid dienone is 1. The maximum Gasteiger partial charge on any atom is 0.192 e. The average Bonchev–Trinajstić information content (AvgIpc) is 2.48. The molecule has 0 bridgehead atoms. The summed E-state index contributed by atoms with van der Waals surface area (Å²) in [6.45, 7) is 21.3. The van der Waals surface area contributed by atoms with Crippen molar-refractivity contribution < 1.29 is 9.53 Å². The third-order valence-electron chi connectivity index (χ3n) is 4.89. The SMILES string of the molecule is C=CCCCCC[C@H](Cl)[C@H](O[Si](C)(C)C(C)(C)C)[C@@H](O)C#C[Si](C)(C)C. The summed E-state index contributed by atoms with van der Waals surface area (Å²) in [6.07, 6.45) is 5.88. The Morgan fingerprint density at radius 1 is 1.12 bits per heavy atom. The Bertz CT molecular complexity index is 481. The summed E-state index contributed by atoms with van der Waals surface area (Å²) in [6, 6.07) is 0. The smallest absolute Gasteiger partial charge is 0.192 e. The quantitative estimate of drug-likeness (QED) is 0.147. The maximum atomic E-state index is 10.8. The maximum absolute atomic E-state index is 10.8. The number of aliphatic hydroxyl groups excluding tert-OH is 1. The van der Waals surface area contributed by atoms with Gasteiger partial charge in [-0.3, -0.25) is 0 Å². The van der Waals surface area contributed by atoms with Gasteiger partial charge in [-0.05, 0) is 37.4 Å². The Hall–Kier alpha value is -0.0562. The Morgan fingerprint density at radius 3 is 2.15 bits per heavy atom. The lowest BCUT2D eigenvalue weighted by molar-refractivity contribution is 0.0576. The molecule has 152 valence electrons. The van der Waals surface area contributed by atoms with Crippen LogP contribution >= 0.6 is 11.6 Å². The van der Waals surface area contributed by atoms with Gasteiger partial charge in [-0.2, -0.15) is 0 Å². The van der Waals surface area contributed by atoms with Crippen LogP contribution in [0.25, 0.3) is 0 Å². The average molecular weight is 417 g/mol. The fourth-order valence-electron chi connectivity index (χ4n) is 2.19. The molecule has 0 fully saturated rings. The second-order valence-corrected chi connectivity index (χ2v) is 19.8. The first kappa shape index (κ1) is 25.9. The van der Waals surface area contributed by atoms with E-state index in [1.165, 1.54) is 0 Å². The summed E-state index contributed by atoms with van der Waals surface area (Å²) in [4.78, 5) is 0. The van der Waals surface area contributed by atoms with Gasteiger partial charge in [-0.1, -0.05) is 65.3 Å². The second kappa shape index (κ2) is 11.1. The van der Waals surface area contributed by atoms with E-state index in [2.05, 4.69) is 71.5 Å². The molecule has 0 aromatic heterocycles. The number of alkyl halides is 1. The third kappa shape index (κ3) is 10.3. The molecular formula is C21H41ClO2Si2. The normalized spacial score (nSPS) is 16.4. The van der Waals surface area contributed by atoms with E-state index in [9.17, 15) is 5.11 Å². The van der Waals surface area contributed by atoms with Crippen LogP contribution in [0.3, 0.4) is 0 Å². The molecule has 0 radical (unpaired) electrons. The molecule has 0 aliphatic rings. The van der Waals surface area contributed by atoms with E-state index in [0.717, 1.165) is 32.1 Å². The molecule has 26 heavy (non-hydrogen) atoms. The van der Waals surface area contributed by atoms with Crippen molar-refractivity contribution in [3.8, 4) is 11.5 Å². The minimum Gasteiger partial charge on any atom is -0.409 e. The molecule has 0 aromatic carbocycles. The highest BCUT2D eigenvalue weighted by atomic mass is 35.5. The fraction of sp³-hybridized carbons (Fsp3) is 0.810. The van der Waals surface area contributed by atoms with Crippen LogP contribution in [0, 0.1) is 11.5 Å². The molecule has 0 saturated heterocycles. The standard InChI is InChI=1S/C21H41ClO2Si2/c1-10-11-12-13-14-15-18(22)20(19(23)16-17-25(5,6)7)24-26(8,9)21(2,3)4/h10,18-20,23H,1,11-15H2,2-9H3/t18-,19-,20-/m0/s1. The molecule has 0 aliphatic heterocycles. The van der Waals surface area contributed by atoms with Crippen molar-refractivity contribution in [1.82, 2.24) is 0 Å². The summed E-state index contributed by atoms with van der Waals surface area (Å²) in [5.74, 6) is 3.06. The third-order valence-corrected chi connectivity index (χ3v) is 10.7. The van der Waals surface area contributed by atoms with Crippen molar-refractivity contribution in [3.63, 3.8) is 0 Å². The minimum absolute atomic E-state index is 0.0672. The lowest BCUT2D eigenvalue weighted by Crippen LogP contribution is -2.50. The Balaban J connectivity index is 5.20. The van der Waals surface area contributed by atoms with Gasteiger partial charge in [-0.25, -0.2) is 0 Å². The van der Waals surface area contributed by atoms with Gasteiger partial charge in [0, 0.05) is 0 Å². The van der Waals surface area contributed by atoms with E-state index in [1.54, 1.807) is 0 Å². The fourth-order valence-corrected chi connectivity index (χ4v) is 4.53. The van der Waals surface area contributed by atoms with Gasteiger partial charge in [0.1, 0.15) is 14.2 Å². The first-order valence-corrected chi connectivity index (χ1v) is 16.7. The van der Waals surface area contributed by atoms with Gasteiger partial charge in [-0.15, -0.1) is 23.7 Å². The second-order valence-electron chi connectivity index (χ2n) is 9.75. The number of aliphatic hydroxyl groups is 1. The Kier molecular flexibility index (Phi) is 11.0. The number of halogens is 1. The lowest BCUT2D eigenvalue weighted by atomic mass is 10.0.